The second kappa shape index (κ2) is 8.07. The zero-order chi connectivity index (χ0) is 24.1. The van der Waals surface area contributed by atoms with Crippen molar-refractivity contribution in [3.05, 3.63) is 68.4 Å². The standard InChI is InChI=1S/C22H22FN5O4S/c1-12-17-18(30)27(22(2,3)4)21(31)26(20(17)33-19(12)28-24-8-9-25-28)11-15(29)14-10-13(23)6-7-16(14)32-5/h6-10H,11H2,1-5H3. The summed E-state index contributed by atoms with van der Waals surface area (Å²) in [6, 6.07) is 3.61. The molecular weight excluding hydrogens is 449 g/mol. The summed E-state index contributed by atoms with van der Waals surface area (Å²) < 4.78 is 21.4. The van der Waals surface area contributed by atoms with Crippen LogP contribution in [0.1, 0.15) is 36.7 Å². The Hall–Kier alpha value is -3.60. The van der Waals surface area contributed by atoms with E-state index in [0.29, 0.717) is 20.8 Å². The topological polar surface area (TPSA) is 101 Å². The largest absolute Gasteiger partial charge is 0.496 e. The first-order valence-corrected chi connectivity index (χ1v) is 10.9. The number of carbonyl (C=O) groups excluding carboxylic acids is 1. The molecule has 9 nitrogen and oxygen atoms in total. The number of Topliss-reactive ketones (excluding diaryl/α,β-unsaturated/α-hetero) is 1. The van der Waals surface area contributed by atoms with E-state index in [1.807, 2.05) is 0 Å². The maximum absolute atomic E-state index is 13.9. The summed E-state index contributed by atoms with van der Waals surface area (Å²) in [6.45, 7) is 6.55. The molecule has 0 aliphatic heterocycles. The Morgan fingerprint density at radius 2 is 1.85 bits per heavy atom. The van der Waals surface area contributed by atoms with Crippen LogP contribution in [0.3, 0.4) is 0 Å². The van der Waals surface area contributed by atoms with E-state index in [-0.39, 0.29) is 11.3 Å². The van der Waals surface area contributed by atoms with Crippen LogP contribution < -0.4 is 16.0 Å². The predicted molar refractivity (Wildman–Crippen MR) is 122 cm³/mol. The van der Waals surface area contributed by atoms with Crippen molar-refractivity contribution in [2.45, 2.75) is 39.8 Å². The first kappa shape index (κ1) is 22.6. The van der Waals surface area contributed by atoms with E-state index in [1.54, 1.807) is 27.7 Å². The first-order valence-electron chi connectivity index (χ1n) is 10.1. The summed E-state index contributed by atoms with van der Waals surface area (Å²) in [7, 11) is 1.38. The lowest BCUT2D eigenvalue weighted by molar-refractivity contribution is 0.0967. The minimum Gasteiger partial charge on any atom is -0.496 e. The van der Waals surface area contributed by atoms with Gasteiger partial charge in [0, 0.05) is 11.1 Å². The molecule has 3 aromatic heterocycles. The van der Waals surface area contributed by atoms with Crippen LogP contribution in [0, 0.1) is 12.7 Å². The van der Waals surface area contributed by atoms with Crippen LogP contribution >= 0.6 is 11.3 Å². The average molecular weight is 472 g/mol. The highest BCUT2D eigenvalue weighted by Crippen LogP contribution is 2.31. The molecule has 0 unspecified atom stereocenters. The number of fused-ring (bicyclic) bond motifs is 1. The minimum atomic E-state index is -0.845. The lowest BCUT2D eigenvalue weighted by Crippen LogP contribution is -2.48. The van der Waals surface area contributed by atoms with Crippen LogP contribution in [0.4, 0.5) is 4.39 Å². The SMILES string of the molecule is COc1ccc(F)cc1C(=O)Cn1c(=O)n(C(C)(C)C)c(=O)c2c(C)c(-n3nccn3)sc21. The number of thiophene rings is 1. The number of ketones is 1. The van der Waals surface area contributed by atoms with Gasteiger partial charge in [-0.3, -0.25) is 18.7 Å². The number of methoxy groups -OCH3 is 1. The third-order valence-electron chi connectivity index (χ3n) is 5.22. The van der Waals surface area contributed by atoms with Crippen LogP contribution in [-0.2, 0) is 12.1 Å². The lowest BCUT2D eigenvalue weighted by Gasteiger charge is -2.23. The highest BCUT2D eigenvalue weighted by atomic mass is 32.1. The van der Waals surface area contributed by atoms with Crippen molar-refractivity contribution in [2.24, 2.45) is 0 Å². The number of benzene rings is 1. The van der Waals surface area contributed by atoms with Crippen LogP contribution in [0.5, 0.6) is 5.75 Å². The fourth-order valence-electron chi connectivity index (χ4n) is 3.70. The Balaban J connectivity index is 2.01. The number of aromatic nitrogens is 5. The summed E-state index contributed by atoms with van der Waals surface area (Å²) >= 11 is 1.14. The molecule has 4 rings (SSSR count). The van der Waals surface area contributed by atoms with Gasteiger partial charge in [-0.1, -0.05) is 11.3 Å². The summed E-state index contributed by atoms with van der Waals surface area (Å²) in [5.74, 6) is -0.937. The van der Waals surface area contributed by atoms with Crippen molar-refractivity contribution in [3.63, 3.8) is 0 Å². The summed E-state index contributed by atoms with van der Waals surface area (Å²) in [6.07, 6.45) is 3.01. The fourth-order valence-corrected chi connectivity index (χ4v) is 4.91. The number of aryl methyl sites for hydroxylation is 1. The quantitative estimate of drug-likeness (QED) is 0.415. The van der Waals surface area contributed by atoms with E-state index in [1.165, 1.54) is 41.0 Å². The number of halogens is 1. The monoisotopic (exact) mass is 471 g/mol. The van der Waals surface area contributed by atoms with Crippen LogP contribution in [0.25, 0.3) is 15.2 Å². The fraction of sp³-hybridized carbons (Fsp3) is 0.318. The van der Waals surface area contributed by atoms with Gasteiger partial charge in [-0.05, 0) is 45.9 Å². The Morgan fingerprint density at radius 3 is 2.45 bits per heavy atom. The molecule has 4 aromatic rings. The Kier molecular flexibility index (Phi) is 5.52. The Labute approximate surface area is 191 Å². The summed E-state index contributed by atoms with van der Waals surface area (Å²) in [5.41, 5.74) is -1.33. The van der Waals surface area contributed by atoms with E-state index in [4.69, 9.17) is 4.74 Å². The maximum atomic E-state index is 13.9. The number of nitrogens with zero attached hydrogens (tertiary/aromatic N) is 5. The van der Waals surface area contributed by atoms with Gasteiger partial charge < -0.3 is 4.74 Å². The van der Waals surface area contributed by atoms with Gasteiger partial charge >= 0.3 is 5.69 Å². The minimum absolute atomic E-state index is 0.00769. The van der Waals surface area contributed by atoms with Gasteiger partial charge in [0.15, 0.2) is 5.78 Å². The van der Waals surface area contributed by atoms with Crippen molar-refractivity contribution < 1.29 is 13.9 Å². The Morgan fingerprint density at radius 1 is 1.18 bits per heavy atom. The zero-order valence-electron chi connectivity index (χ0n) is 18.7. The van der Waals surface area contributed by atoms with Gasteiger partial charge in [-0.2, -0.15) is 10.2 Å². The molecule has 11 heteroatoms. The van der Waals surface area contributed by atoms with Gasteiger partial charge in [0.2, 0.25) is 0 Å². The second-order valence-corrected chi connectivity index (χ2v) is 9.46. The van der Waals surface area contributed by atoms with Gasteiger partial charge in [0.1, 0.15) is 21.4 Å². The van der Waals surface area contributed by atoms with Crippen molar-refractivity contribution >= 4 is 27.3 Å². The number of carbonyl (C=O) groups is 1. The van der Waals surface area contributed by atoms with Crippen molar-refractivity contribution in [1.29, 1.82) is 0 Å². The molecule has 33 heavy (non-hydrogen) atoms. The summed E-state index contributed by atoms with van der Waals surface area (Å²) in [4.78, 5) is 41.8. The van der Waals surface area contributed by atoms with E-state index in [2.05, 4.69) is 10.2 Å². The van der Waals surface area contributed by atoms with Gasteiger partial charge in [0.05, 0.1) is 37.0 Å². The highest BCUT2D eigenvalue weighted by Gasteiger charge is 2.28. The molecule has 0 bridgehead atoms. The molecule has 172 valence electrons. The molecule has 0 radical (unpaired) electrons. The van der Waals surface area contributed by atoms with Crippen molar-refractivity contribution in [1.82, 2.24) is 24.1 Å². The van der Waals surface area contributed by atoms with Crippen LogP contribution in [0.2, 0.25) is 0 Å². The Bertz CT molecular complexity index is 1490. The molecule has 0 atom stereocenters. The molecule has 1 aromatic carbocycles. The van der Waals surface area contributed by atoms with E-state index >= 15 is 0 Å². The van der Waals surface area contributed by atoms with Crippen molar-refractivity contribution in [2.75, 3.05) is 7.11 Å². The molecule has 0 aliphatic rings. The molecule has 0 saturated heterocycles. The third-order valence-corrected chi connectivity index (χ3v) is 6.50. The van der Waals surface area contributed by atoms with Crippen LogP contribution in [0.15, 0.2) is 40.2 Å². The van der Waals surface area contributed by atoms with Crippen LogP contribution in [-0.4, -0.2) is 37.0 Å². The van der Waals surface area contributed by atoms with Gasteiger partial charge in [-0.25, -0.2) is 9.18 Å². The van der Waals surface area contributed by atoms with Crippen molar-refractivity contribution in [3.8, 4) is 10.8 Å². The molecule has 3 heterocycles. The number of hydrogen-bond donors (Lipinski definition) is 0. The van der Waals surface area contributed by atoms with E-state index < -0.39 is 34.9 Å². The molecule has 0 spiro atoms. The highest BCUT2D eigenvalue weighted by molar-refractivity contribution is 7.21. The average Bonchev–Trinajstić information content (AvgIpc) is 3.38. The van der Waals surface area contributed by atoms with Gasteiger partial charge in [0.25, 0.3) is 5.56 Å². The number of rotatable bonds is 5. The normalized spacial score (nSPS) is 11.8. The molecule has 0 fully saturated rings. The first-order chi connectivity index (χ1) is 15.5. The molecule has 0 N–H and O–H groups in total. The zero-order valence-corrected chi connectivity index (χ0v) is 19.6. The smallest absolute Gasteiger partial charge is 0.333 e. The van der Waals surface area contributed by atoms with E-state index in [9.17, 15) is 18.8 Å². The number of hydrogen-bond acceptors (Lipinski definition) is 7. The van der Waals surface area contributed by atoms with Gasteiger partial charge in [-0.15, -0.1) is 4.80 Å². The maximum Gasteiger partial charge on any atom is 0.333 e. The van der Waals surface area contributed by atoms with E-state index in [0.717, 1.165) is 22.0 Å². The molecule has 0 amide bonds. The number of ether oxygens (including phenoxy) is 1. The predicted octanol–water partition coefficient (Wildman–Crippen LogP) is 2.90. The lowest BCUT2D eigenvalue weighted by atomic mass is 10.1. The molecular formula is C22H22FN5O4S. The summed E-state index contributed by atoms with van der Waals surface area (Å²) in [5, 5.41) is 9.13. The molecule has 0 aliphatic carbocycles. The second-order valence-electron chi connectivity index (χ2n) is 8.48. The third kappa shape index (κ3) is 3.78. The molecule has 0 saturated carbocycles.